The third-order valence-corrected chi connectivity index (χ3v) is 8.42. The van der Waals surface area contributed by atoms with E-state index in [1.807, 2.05) is 30.3 Å². The van der Waals surface area contributed by atoms with Gasteiger partial charge in [-0.3, -0.25) is 14.7 Å². The molecular formula is C31H38Cl4N6O5. The summed E-state index contributed by atoms with van der Waals surface area (Å²) in [7, 11) is 0. The molecular weight excluding hydrogens is 678 g/mol. The summed E-state index contributed by atoms with van der Waals surface area (Å²) in [4.78, 5) is 47.1. The van der Waals surface area contributed by atoms with E-state index < -0.39 is 17.9 Å². The van der Waals surface area contributed by atoms with Crippen molar-refractivity contribution in [3.8, 4) is 0 Å². The van der Waals surface area contributed by atoms with Gasteiger partial charge >= 0.3 is 11.9 Å². The van der Waals surface area contributed by atoms with Gasteiger partial charge in [0.15, 0.2) is 5.96 Å². The average Bonchev–Trinajstić information content (AvgIpc) is 2.98. The quantitative estimate of drug-likeness (QED) is 0.123. The lowest BCUT2D eigenvalue weighted by Crippen LogP contribution is -2.49. The topological polar surface area (TPSA) is 175 Å². The van der Waals surface area contributed by atoms with E-state index in [2.05, 4.69) is 15.2 Å². The van der Waals surface area contributed by atoms with Crippen LogP contribution in [-0.4, -0.2) is 83.1 Å². The highest BCUT2D eigenvalue weighted by Gasteiger charge is 2.41. The minimum absolute atomic E-state index is 0. The van der Waals surface area contributed by atoms with Crippen molar-refractivity contribution in [2.45, 2.75) is 31.6 Å². The standard InChI is InChI=1S/C31H36Cl2N6O5.2ClH/c32-20-8-4-9-21(33)25(20)28-26(29(41)42)22(11-10-19-6-2-1-3-7-19)37-23(27(28)30(43)44)18-24(40)39-16-14-38(15-17-39)13-5-12-36-31(34)35;;/h1-4,6-9,28,37H,5,10-18H2,(H,41,42)(H,43,44)(H4,34,35,36);2*1H. The molecule has 1 atom stereocenters. The zero-order valence-electron chi connectivity index (χ0n) is 25.0. The van der Waals surface area contributed by atoms with E-state index in [9.17, 15) is 24.6 Å². The first kappa shape index (κ1) is 38.7. The molecule has 0 aliphatic carbocycles. The molecule has 2 aliphatic heterocycles. The number of carbonyl (C=O) groups excluding carboxylic acids is 1. The Morgan fingerprint density at radius 3 is 2.00 bits per heavy atom. The zero-order valence-corrected chi connectivity index (χ0v) is 28.1. The number of nitrogens with one attached hydrogen (secondary N) is 1. The fourth-order valence-corrected chi connectivity index (χ4v) is 6.24. The summed E-state index contributed by atoms with van der Waals surface area (Å²) in [6, 6.07) is 14.2. The largest absolute Gasteiger partial charge is 0.478 e. The van der Waals surface area contributed by atoms with Crippen molar-refractivity contribution >= 4 is 71.8 Å². The number of amides is 1. The minimum atomic E-state index is -1.37. The third kappa shape index (κ3) is 9.76. The van der Waals surface area contributed by atoms with Gasteiger partial charge < -0.3 is 31.9 Å². The molecule has 2 aromatic carbocycles. The van der Waals surface area contributed by atoms with Gasteiger partial charge in [-0.15, -0.1) is 24.8 Å². The van der Waals surface area contributed by atoms with Crippen LogP contribution in [0.15, 0.2) is 76.1 Å². The molecule has 15 heteroatoms. The number of aryl methyl sites for hydroxylation is 1. The van der Waals surface area contributed by atoms with Crippen molar-refractivity contribution < 1.29 is 24.6 Å². The van der Waals surface area contributed by atoms with Gasteiger partial charge in [-0.05, 0) is 37.0 Å². The number of hydrogen-bond acceptors (Lipinski definition) is 6. The molecule has 0 bridgehead atoms. The number of nitrogens with zero attached hydrogens (tertiary/aromatic N) is 3. The van der Waals surface area contributed by atoms with Crippen LogP contribution in [0.25, 0.3) is 0 Å². The van der Waals surface area contributed by atoms with Gasteiger partial charge in [-0.2, -0.15) is 0 Å². The number of aliphatic imine (C=N–C) groups is 1. The van der Waals surface area contributed by atoms with E-state index in [4.69, 9.17) is 34.7 Å². The average molecular weight is 716 g/mol. The van der Waals surface area contributed by atoms with Crippen LogP contribution in [0.3, 0.4) is 0 Å². The van der Waals surface area contributed by atoms with Crippen LogP contribution in [0, 0.1) is 0 Å². The Hall–Kier alpha value is -3.48. The molecule has 46 heavy (non-hydrogen) atoms. The molecule has 2 aliphatic rings. The highest BCUT2D eigenvalue weighted by Crippen LogP contribution is 2.45. The maximum Gasteiger partial charge on any atom is 0.334 e. The molecule has 2 heterocycles. The second-order valence-corrected chi connectivity index (χ2v) is 11.4. The first-order valence-corrected chi connectivity index (χ1v) is 15.1. The Balaban J connectivity index is 0.00000368. The number of carboxylic acids is 2. The van der Waals surface area contributed by atoms with Gasteiger partial charge in [0.1, 0.15) is 0 Å². The van der Waals surface area contributed by atoms with Crippen molar-refractivity contribution in [3.05, 3.63) is 92.2 Å². The first-order valence-electron chi connectivity index (χ1n) is 14.3. The Labute approximate surface area is 290 Å². The van der Waals surface area contributed by atoms with E-state index in [1.165, 1.54) is 12.1 Å². The molecule has 11 nitrogen and oxygen atoms in total. The van der Waals surface area contributed by atoms with Gasteiger partial charge in [0, 0.05) is 66.3 Å². The summed E-state index contributed by atoms with van der Waals surface area (Å²) in [5, 5.41) is 24.2. The number of rotatable bonds is 12. The van der Waals surface area contributed by atoms with Crippen molar-refractivity contribution in [1.29, 1.82) is 0 Å². The SMILES string of the molecule is Cl.Cl.NC(N)=NCCCN1CCN(C(=O)CC2=C(C(=O)O)C(c3c(Cl)cccc3Cl)C(C(=O)O)=C(CCc3ccccc3)N2)CC1. The molecule has 0 spiro atoms. The lowest BCUT2D eigenvalue weighted by Gasteiger charge is -2.36. The monoisotopic (exact) mass is 714 g/mol. The molecule has 1 amide bonds. The summed E-state index contributed by atoms with van der Waals surface area (Å²) in [5.74, 6) is -4.19. The number of carbonyl (C=O) groups is 3. The van der Waals surface area contributed by atoms with E-state index in [-0.39, 0.29) is 82.0 Å². The smallest absolute Gasteiger partial charge is 0.334 e. The van der Waals surface area contributed by atoms with Crippen LogP contribution in [-0.2, 0) is 20.8 Å². The number of piperazine rings is 1. The maximum absolute atomic E-state index is 13.6. The van der Waals surface area contributed by atoms with E-state index in [1.54, 1.807) is 11.0 Å². The molecule has 2 aromatic rings. The highest BCUT2D eigenvalue weighted by molar-refractivity contribution is 6.36. The predicted octanol–water partition coefficient (Wildman–Crippen LogP) is 4.03. The normalized spacial score (nSPS) is 16.6. The number of allylic oxidation sites excluding steroid dienone is 1. The number of dihydropyridines is 1. The molecule has 7 N–H and O–H groups in total. The van der Waals surface area contributed by atoms with Crippen LogP contribution >= 0.6 is 48.0 Å². The number of nitrogens with two attached hydrogens (primary N) is 2. The van der Waals surface area contributed by atoms with Crippen LogP contribution in [0.1, 0.15) is 36.3 Å². The van der Waals surface area contributed by atoms with Crippen LogP contribution in [0.5, 0.6) is 0 Å². The Morgan fingerprint density at radius 2 is 1.43 bits per heavy atom. The molecule has 0 saturated carbocycles. The lowest BCUT2D eigenvalue weighted by molar-refractivity contribution is -0.133. The van der Waals surface area contributed by atoms with Crippen molar-refractivity contribution in [1.82, 2.24) is 15.1 Å². The molecule has 1 saturated heterocycles. The summed E-state index contributed by atoms with van der Waals surface area (Å²) < 4.78 is 0. The van der Waals surface area contributed by atoms with Crippen LogP contribution in [0.4, 0.5) is 0 Å². The minimum Gasteiger partial charge on any atom is -0.478 e. The summed E-state index contributed by atoms with van der Waals surface area (Å²) in [6.45, 7) is 3.53. The van der Waals surface area contributed by atoms with Gasteiger partial charge in [-0.1, -0.05) is 59.6 Å². The second kappa shape index (κ2) is 18.0. The first-order chi connectivity index (χ1) is 21.1. The van der Waals surface area contributed by atoms with Crippen LogP contribution < -0.4 is 16.8 Å². The van der Waals surface area contributed by atoms with Gasteiger partial charge in [0.25, 0.3) is 0 Å². The highest BCUT2D eigenvalue weighted by atomic mass is 35.5. The number of halogens is 4. The molecule has 0 radical (unpaired) electrons. The van der Waals surface area contributed by atoms with Crippen molar-refractivity contribution in [2.75, 3.05) is 39.3 Å². The lowest BCUT2D eigenvalue weighted by atomic mass is 9.78. The number of benzene rings is 2. The van der Waals surface area contributed by atoms with E-state index in [0.29, 0.717) is 44.8 Å². The fourth-order valence-electron chi connectivity index (χ4n) is 5.63. The summed E-state index contributed by atoms with van der Waals surface area (Å²) >= 11 is 13.1. The molecule has 1 unspecified atom stereocenters. The third-order valence-electron chi connectivity index (χ3n) is 7.76. The van der Waals surface area contributed by atoms with Crippen molar-refractivity contribution in [2.24, 2.45) is 16.5 Å². The number of guanidine groups is 1. The molecule has 4 rings (SSSR count). The molecule has 1 fully saturated rings. The number of carboxylic acid groups (broad SMARTS) is 2. The summed E-state index contributed by atoms with van der Waals surface area (Å²) in [6.07, 6.45) is 1.26. The zero-order chi connectivity index (χ0) is 31.8. The van der Waals surface area contributed by atoms with E-state index in [0.717, 1.165) is 18.5 Å². The van der Waals surface area contributed by atoms with Gasteiger partial charge in [0.05, 0.1) is 23.5 Å². The van der Waals surface area contributed by atoms with Crippen LogP contribution in [0.2, 0.25) is 10.0 Å². The fraction of sp³-hybridized carbons (Fsp3) is 0.355. The van der Waals surface area contributed by atoms with Gasteiger partial charge in [0.2, 0.25) is 5.91 Å². The Kier molecular flexibility index (Phi) is 15.2. The number of hydrogen-bond donors (Lipinski definition) is 5. The number of aliphatic carboxylic acids is 2. The second-order valence-electron chi connectivity index (χ2n) is 10.6. The van der Waals surface area contributed by atoms with E-state index >= 15 is 0 Å². The molecule has 250 valence electrons. The summed E-state index contributed by atoms with van der Waals surface area (Å²) in [5.41, 5.74) is 11.9. The predicted molar refractivity (Wildman–Crippen MR) is 184 cm³/mol. The Morgan fingerprint density at radius 1 is 0.848 bits per heavy atom. The maximum atomic E-state index is 13.6. The molecule has 0 aromatic heterocycles. The van der Waals surface area contributed by atoms with Crippen molar-refractivity contribution in [3.63, 3.8) is 0 Å². The Bertz CT molecular complexity index is 1470. The van der Waals surface area contributed by atoms with Gasteiger partial charge in [-0.25, -0.2) is 9.59 Å².